The molecule has 1 aliphatic rings. The van der Waals surface area contributed by atoms with Crippen LogP contribution in [0.1, 0.15) is 18.9 Å². The second-order valence-electron chi connectivity index (χ2n) is 6.19. The Bertz CT molecular complexity index is 623. The molecule has 0 amide bonds. The van der Waals surface area contributed by atoms with Crippen LogP contribution < -0.4 is 0 Å². The number of aliphatic hydroxyl groups is 1. The Balaban J connectivity index is 1.57. The third-order valence-electron chi connectivity index (χ3n) is 4.03. The highest BCUT2D eigenvalue weighted by Crippen LogP contribution is 2.23. The number of hydrogen-bond donors (Lipinski definition) is 1. The van der Waals surface area contributed by atoms with Crippen LogP contribution >= 0.6 is 0 Å². The lowest BCUT2D eigenvalue weighted by Crippen LogP contribution is -2.38. The third kappa shape index (κ3) is 3.81. The first kappa shape index (κ1) is 14.9. The maximum absolute atomic E-state index is 10.7. The van der Waals surface area contributed by atoms with Gasteiger partial charge in [-0.1, -0.05) is 47.2 Å². The molecule has 0 spiro atoms. The molecule has 1 aromatic heterocycles. The monoisotopic (exact) mass is 298 g/mol. The standard InChI is InChI=1S/C17H22N4O/c1-15(11-16-5-3-2-4-6-16)12-20-9-7-17(22,13-20)14-21-10-8-18-19-21/h2-6,8,10-11,22H,7,9,12-14H2,1H3/b15-11+. The zero-order chi connectivity index (χ0) is 15.4. The Morgan fingerprint density at radius 1 is 1.36 bits per heavy atom. The van der Waals surface area contributed by atoms with Crippen LogP contribution in [0.15, 0.2) is 48.3 Å². The van der Waals surface area contributed by atoms with Crippen molar-refractivity contribution in [1.29, 1.82) is 0 Å². The fraction of sp³-hybridized carbons (Fsp3) is 0.412. The van der Waals surface area contributed by atoms with Gasteiger partial charge in [0.25, 0.3) is 0 Å². The van der Waals surface area contributed by atoms with Gasteiger partial charge in [-0.2, -0.15) is 0 Å². The van der Waals surface area contributed by atoms with Gasteiger partial charge in [-0.25, -0.2) is 4.68 Å². The van der Waals surface area contributed by atoms with Crippen LogP contribution in [0.5, 0.6) is 0 Å². The maximum atomic E-state index is 10.7. The van der Waals surface area contributed by atoms with E-state index in [4.69, 9.17) is 0 Å². The highest BCUT2D eigenvalue weighted by molar-refractivity contribution is 5.52. The van der Waals surface area contributed by atoms with E-state index in [0.29, 0.717) is 13.1 Å². The SMILES string of the molecule is C/C(=C\c1ccccc1)CN1CCC(O)(Cn2ccnn2)C1. The van der Waals surface area contributed by atoms with Crippen molar-refractivity contribution in [1.82, 2.24) is 19.9 Å². The second-order valence-corrected chi connectivity index (χ2v) is 6.19. The smallest absolute Gasteiger partial charge is 0.0981 e. The van der Waals surface area contributed by atoms with Gasteiger partial charge in [0.2, 0.25) is 0 Å². The highest BCUT2D eigenvalue weighted by Gasteiger charge is 2.36. The first-order valence-corrected chi connectivity index (χ1v) is 7.64. The molecule has 2 aromatic rings. The van der Waals surface area contributed by atoms with Crippen molar-refractivity contribution in [2.75, 3.05) is 19.6 Å². The van der Waals surface area contributed by atoms with Gasteiger partial charge in [-0.3, -0.25) is 4.90 Å². The molecule has 1 aliphatic heterocycles. The predicted octanol–water partition coefficient (Wildman–Crippen LogP) is 1.82. The Hall–Kier alpha value is -1.98. The van der Waals surface area contributed by atoms with E-state index in [9.17, 15) is 5.11 Å². The largest absolute Gasteiger partial charge is 0.387 e. The summed E-state index contributed by atoms with van der Waals surface area (Å²) in [5, 5.41) is 18.4. The lowest BCUT2D eigenvalue weighted by atomic mass is 10.0. The molecule has 116 valence electrons. The second kappa shape index (κ2) is 6.42. The Morgan fingerprint density at radius 2 is 2.18 bits per heavy atom. The number of benzene rings is 1. The van der Waals surface area contributed by atoms with Crippen molar-refractivity contribution >= 4 is 6.08 Å². The summed E-state index contributed by atoms with van der Waals surface area (Å²) in [6.07, 6.45) is 6.41. The topological polar surface area (TPSA) is 54.2 Å². The molecule has 2 heterocycles. The van der Waals surface area contributed by atoms with Crippen molar-refractivity contribution in [3.05, 3.63) is 53.9 Å². The fourth-order valence-electron chi connectivity index (χ4n) is 3.06. The summed E-state index contributed by atoms with van der Waals surface area (Å²) in [6, 6.07) is 10.3. The summed E-state index contributed by atoms with van der Waals surface area (Å²) in [4.78, 5) is 2.30. The van der Waals surface area contributed by atoms with Gasteiger partial charge in [0.05, 0.1) is 18.3 Å². The predicted molar refractivity (Wildman–Crippen MR) is 86.1 cm³/mol. The Morgan fingerprint density at radius 3 is 2.91 bits per heavy atom. The number of likely N-dealkylation sites (tertiary alicyclic amines) is 1. The molecule has 22 heavy (non-hydrogen) atoms. The summed E-state index contributed by atoms with van der Waals surface area (Å²) < 4.78 is 1.70. The molecule has 3 rings (SSSR count). The molecule has 0 saturated carbocycles. The molecule has 0 bridgehead atoms. The van der Waals surface area contributed by atoms with E-state index in [1.807, 2.05) is 18.2 Å². The van der Waals surface area contributed by atoms with E-state index in [2.05, 4.69) is 40.3 Å². The van der Waals surface area contributed by atoms with Crippen molar-refractivity contribution < 1.29 is 5.11 Å². The summed E-state index contributed by atoms with van der Waals surface area (Å²) >= 11 is 0. The number of nitrogens with zero attached hydrogens (tertiary/aromatic N) is 4. The van der Waals surface area contributed by atoms with E-state index < -0.39 is 5.60 Å². The fourth-order valence-corrected chi connectivity index (χ4v) is 3.06. The minimum atomic E-state index is -0.708. The van der Waals surface area contributed by atoms with Crippen LogP contribution in [0.25, 0.3) is 6.08 Å². The van der Waals surface area contributed by atoms with Crippen molar-refractivity contribution in [3.63, 3.8) is 0 Å². The molecule has 1 N–H and O–H groups in total. The highest BCUT2D eigenvalue weighted by atomic mass is 16.3. The van der Waals surface area contributed by atoms with Gasteiger partial charge in [-0.05, 0) is 18.9 Å². The average Bonchev–Trinajstić information content (AvgIpc) is 3.10. The molecule has 1 unspecified atom stereocenters. The van der Waals surface area contributed by atoms with Crippen molar-refractivity contribution in [2.45, 2.75) is 25.5 Å². The van der Waals surface area contributed by atoms with Gasteiger partial charge in [0, 0.05) is 25.8 Å². The van der Waals surface area contributed by atoms with E-state index >= 15 is 0 Å². The minimum Gasteiger partial charge on any atom is -0.387 e. The molecule has 1 atom stereocenters. The van der Waals surface area contributed by atoms with E-state index in [1.54, 1.807) is 17.1 Å². The molecule has 5 heteroatoms. The first-order chi connectivity index (χ1) is 10.6. The molecular weight excluding hydrogens is 276 g/mol. The van der Waals surface area contributed by atoms with E-state index in [1.165, 1.54) is 11.1 Å². The molecule has 5 nitrogen and oxygen atoms in total. The van der Waals surface area contributed by atoms with Crippen LogP contribution in [0.3, 0.4) is 0 Å². The Labute approximate surface area is 130 Å². The van der Waals surface area contributed by atoms with Gasteiger partial charge in [0.1, 0.15) is 0 Å². The zero-order valence-corrected chi connectivity index (χ0v) is 12.9. The average molecular weight is 298 g/mol. The maximum Gasteiger partial charge on any atom is 0.0981 e. The van der Waals surface area contributed by atoms with Crippen LogP contribution in [0, 0.1) is 0 Å². The number of rotatable bonds is 5. The lowest BCUT2D eigenvalue weighted by Gasteiger charge is -2.23. The van der Waals surface area contributed by atoms with Crippen LogP contribution in [0.2, 0.25) is 0 Å². The molecule has 0 radical (unpaired) electrons. The normalized spacial score (nSPS) is 23.1. The van der Waals surface area contributed by atoms with Crippen molar-refractivity contribution in [2.24, 2.45) is 0 Å². The molecule has 0 aliphatic carbocycles. The van der Waals surface area contributed by atoms with Crippen LogP contribution in [0.4, 0.5) is 0 Å². The number of hydrogen-bond acceptors (Lipinski definition) is 4. The molecule has 1 aromatic carbocycles. The van der Waals surface area contributed by atoms with Gasteiger partial charge in [0.15, 0.2) is 0 Å². The Kier molecular flexibility index (Phi) is 4.36. The van der Waals surface area contributed by atoms with Crippen molar-refractivity contribution in [3.8, 4) is 0 Å². The summed E-state index contributed by atoms with van der Waals surface area (Å²) in [6.45, 7) is 5.11. The number of β-amino-alcohol motifs (C(OH)–C–C–N with tert-alkyl or cyclic N) is 1. The first-order valence-electron chi connectivity index (χ1n) is 7.64. The third-order valence-corrected chi connectivity index (χ3v) is 4.03. The molecule has 1 fully saturated rings. The quantitative estimate of drug-likeness (QED) is 0.915. The molecule has 1 saturated heterocycles. The van der Waals surface area contributed by atoms with Gasteiger partial charge < -0.3 is 5.11 Å². The molecular formula is C17H22N4O. The van der Waals surface area contributed by atoms with E-state index in [-0.39, 0.29) is 0 Å². The van der Waals surface area contributed by atoms with Gasteiger partial charge in [-0.15, -0.1) is 5.10 Å². The van der Waals surface area contributed by atoms with Crippen LogP contribution in [-0.2, 0) is 6.54 Å². The summed E-state index contributed by atoms with van der Waals surface area (Å²) in [5.74, 6) is 0. The lowest BCUT2D eigenvalue weighted by molar-refractivity contribution is 0.0290. The van der Waals surface area contributed by atoms with Gasteiger partial charge >= 0.3 is 0 Å². The summed E-state index contributed by atoms with van der Waals surface area (Å²) in [5.41, 5.74) is 1.81. The number of aromatic nitrogens is 3. The van der Waals surface area contributed by atoms with E-state index in [0.717, 1.165) is 19.5 Å². The van der Waals surface area contributed by atoms with Crippen LogP contribution in [-0.4, -0.2) is 50.2 Å². The summed E-state index contributed by atoms with van der Waals surface area (Å²) in [7, 11) is 0. The minimum absolute atomic E-state index is 0.505. The zero-order valence-electron chi connectivity index (χ0n) is 12.9.